The molecule has 2 aromatic carbocycles. The molecule has 1 aromatic heterocycles. The maximum Gasteiger partial charge on any atom is 0.282 e. The minimum absolute atomic E-state index is 0.172. The first-order valence-corrected chi connectivity index (χ1v) is 8.64. The second-order valence-corrected chi connectivity index (χ2v) is 6.37. The summed E-state index contributed by atoms with van der Waals surface area (Å²) in [6, 6.07) is 17.9. The quantitative estimate of drug-likeness (QED) is 0.685. The molecule has 1 heterocycles. The van der Waals surface area contributed by atoms with Crippen LogP contribution in [0, 0.1) is 0 Å². The molecule has 25 heavy (non-hydrogen) atoms. The molecule has 0 aliphatic rings. The van der Waals surface area contributed by atoms with E-state index in [0.29, 0.717) is 23.3 Å². The topological polar surface area (TPSA) is 56.1 Å². The van der Waals surface area contributed by atoms with E-state index in [0.717, 1.165) is 16.9 Å². The molecular formula is C19H18BrN3O2. The summed E-state index contributed by atoms with van der Waals surface area (Å²) in [5.41, 5.74) is 2.72. The fraction of sp³-hybridized carbons (Fsp3) is 0.158. The van der Waals surface area contributed by atoms with Crippen LogP contribution in [0.4, 0.5) is 5.69 Å². The Morgan fingerprint density at radius 1 is 1.08 bits per heavy atom. The van der Waals surface area contributed by atoms with Crippen LogP contribution in [0.1, 0.15) is 11.1 Å². The lowest BCUT2D eigenvalue weighted by atomic mass is 10.2. The Kier molecular flexibility index (Phi) is 5.50. The van der Waals surface area contributed by atoms with E-state index < -0.39 is 0 Å². The zero-order valence-electron chi connectivity index (χ0n) is 13.8. The van der Waals surface area contributed by atoms with Crippen LogP contribution in [-0.2, 0) is 20.2 Å². The molecule has 0 bridgehead atoms. The molecule has 6 heteroatoms. The number of aromatic nitrogens is 2. The van der Waals surface area contributed by atoms with Crippen LogP contribution in [0.2, 0.25) is 0 Å². The van der Waals surface area contributed by atoms with Gasteiger partial charge >= 0.3 is 0 Å². The van der Waals surface area contributed by atoms with Crippen molar-refractivity contribution in [2.75, 3.05) is 5.32 Å². The van der Waals surface area contributed by atoms with Crippen LogP contribution in [0.5, 0.6) is 5.75 Å². The van der Waals surface area contributed by atoms with Crippen molar-refractivity contribution in [3.63, 3.8) is 0 Å². The lowest BCUT2D eigenvalue weighted by Gasteiger charge is -2.10. The van der Waals surface area contributed by atoms with Crippen molar-refractivity contribution in [3.8, 4) is 5.75 Å². The number of nitrogens with zero attached hydrogens (tertiary/aromatic N) is 2. The molecule has 1 N–H and O–H groups in total. The summed E-state index contributed by atoms with van der Waals surface area (Å²) in [5.74, 6) is 0.823. The zero-order valence-corrected chi connectivity index (χ0v) is 15.4. The standard InChI is InChI=1S/C19H18BrN3O2/c1-23-19(24)18(20)17(12-22-23)21-11-14-7-9-16(10-8-14)25-13-15-5-3-2-4-6-15/h2-10,12,21H,11,13H2,1H3. The number of aryl methyl sites for hydroxylation is 1. The van der Waals surface area contributed by atoms with E-state index >= 15 is 0 Å². The largest absolute Gasteiger partial charge is 0.489 e. The normalized spacial score (nSPS) is 10.5. The van der Waals surface area contributed by atoms with Crippen LogP contribution in [-0.4, -0.2) is 9.78 Å². The van der Waals surface area contributed by atoms with Crippen molar-refractivity contribution < 1.29 is 4.74 Å². The van der Waals surface area contributed by atoms with E-state index in [4.69, 9.17) is 4.74 Å². The second kappa shape index (κ2) is 7.98. The molecule has 128 valence electrons. The van der Waals surface area contributed by atoms with Gasteiger partial charge in [-0.3, -0.25) is 4.79 Å². The number of hydrogen-bond acceptors (Lipinski definition) is 4. The first-order valence-electron chi connectivity index (χ1n) is 7.85. The van der Waals surface area contributed by atoms with Crippen molar-refractivity contribution >= 4 is 21.6 Å². The molecule has 0 aliphatic heterocycles. The first-order chi connectivity index (χ1) is 12.1. The molecular weight excluding hydrogens is 382 g/mol. The molecule has 0 saturated heterocycles. The Bertz CT molecular complexity index is 893. The van der Waals surface area contributed by atoms with Crippen LogP contribution in [0.25, 0.3) is 0 Å². The van der Waals surface area contributed by atoms with Crippen LogP contribution in [0.3, 0.4) is 0 Å². The fourth-order valence-electron chi connectivity index (χ4n) is 2.28. The summed E-state index contributed by atoms with van der Waals surface area (Å²) < 4.78 is 7.54. The molecule has 5 nitrogen and oxygen atoms in total. The Morgan fingerprint density at radius 2 is 1.80 bits per heavy atom. The van der Waals surface area contributed by atoms with E-state index in [9.17, 15) is 4.79 Å². The SMILES string of the molecule is Cn1ncc(NCc2ccc(OCc3ccccc3)cc2)c(Br)c1=O. The third-order valence-corrected chi connectivity index (χ3v) is 4.50. The number of halogens is 1. The molecule has 0 spiro atoms. The summed E-state index contributed by atoms with van der Waals surface area (Å²) in [6.07, 6.45) is 1.63. The minimum atomic E-state index is -0.172. The monoisotopic (exact) mass is 399 g/mol. The van der Waals surface area contributed by atoms with E-state index in [1.165, 1.54) is 4.68 Å². The van der Waals surface area contributed by atoms with Gasteiger partial charge in [0.15, 0.2) is 0 Å². The molecule has 0 aliphatic carbocycles. The summed E-state index contributed by atoms with van der Waals surface area (Å²) in [5, 5.41) is 7.22. The van der Waals surface area contributed by atoms with Gasteiger partial charge in [-0.15, -0.1) is 0 Å². The number of nitrogens with one attached hydrogen (secondary N) is 1. The Hall–Kier alpha value is -2.60. The number of benzene rings is 2. The highest BCUT2D eigenvalue weighted by atomic mass is 79.9. The van der Waals surface area contributed by atoms with Crippen LogP contribution >= 0.6 is 15.9 Å². The summed E-state index contributed by atoms with van der Waals surface area (Å²) in [7, 11) is 1.62. The van der Waals surface area contributed by atoms with Crippen molar-refractivity contribution in [2.45, 2.75) is 13.2 Å². The third kappa shape index (κ3) is 4.48. The molecule has 3 rings (SSSR count). The molecule has 0 radical (unpaired) electrons. The lowest BCUT2D eigenvalue weighted by Crippen LogP contribution is -2.21. The summed E-state index contributed by atoms with van der Waals surface area (Å²) in [4.78, 5) is 11.8. The molecule has 0 atom stereocenters. The van der Waals surface area contributed by atoms with E-state index in [1.54, 1.807) is 13.2 Å². The lowest BCUT2D eigenvalue weighted by molar-refractivity contribution is 0.306. The van der Waals surface area contributed by atoms with E-state index in [1.807, 2.05) is 54.6 Å². The maximum absolute atomic E-state index is 11.8. The molecule has 0 fully saturated rings. The van der Waals surface area contributed by atoms with E-state index in [2.05, 4.69) is 26.3 Å². The number of hydrogen-bond donors (Lipinski definition) is 1. The number of rotatable bonds is 6. The number of anilines is 1. The average Bonchev–Trinajstić information content (AvgIpc) is 2.66. The highest BCUT2D eigenvalue weighted by Gasteiger charge is 2.06. The van der Waals surface area contributed by atoms with Gasteiger partial charge < -0.3 is 10.1 Å². The third-order valence-electron chi connectivity index (χ3n) is 3.73. The Balaban J connectivity index is 1.58. The minimum Gasteiger partial charge on any atom is -0.489 e. The second-order valence-electron chi connectivity index (χ2n) is 5.57. The van der Waals surface area contributed by atoms with Gasteiger partial charge in [-0.25, -0.2) is 4.68 Å². The van der Waals surface area contributed by atoms with Gasteiger partial charge in [0.2, 0.25) is 0 Å². The fourth-order valence-corrected chi connectivity index (χ4v) is 2.77. The van der Waals surface area contributed by atoms with Gasteiger partial charge in [0.25, 0.3) is 5.56 Å². The Morgan fingerprint density at radius 3 is 2.52 bits per heavy atom. The molecule has 0 saturated carbocycles. The van der Waals surface area contributed by atoms with Crippen molar-refractivity contribution in [2.24, 2.45) is 7.05 Å². The first kappa shape index (κ1) is 17.2. The predicted molar refractivity (Wildman–Crippen MR) is 102 cm³/mol. The molecule has 3 aromatic rings. The van der Waals surface area contributed by atoms with Crippen LogP contribution < -0.4 is 15.6 Å². The smallest absolute Gasteiger partial charge is 0.282 e. The predicted octanol–water partition coefficient (Wildman–Crippen LogP) is 3.73. The van der Waals surface area contributed by atoms with Gasteiger partial charge in [-0.1, -0.05) is 42.5 Å². The number of ether oxygens (including phenoxy) is 1. The Labute approximate surface area is 154 Å². The van der Waals surface area contributed by atoms with Gasteiger partial charge in [-0.2, -0.15) is 5.10 Å². The van der Waals surface area contributed by atoms with Gasteiger partial charge in [-0.05, 0) is 39.2 Å². The van der Waals surface area contributed by atoms with Gasteiger partial charge in [0.1, 0.15) is 16.8 Å². The maximum atomic E-state index is 11.8. The highest BCUT2D eigenvalue weighted by Crippen LogP contribution is 2.18. The summed E-state index contributed by atoms with van der Waals surface area (Å²) in [6.45, 7) is 1.14. The van der Waals surface area contributed by atoms with Gasteiger partial charge in [0, 0.05) is 13.6 Å². The van der Waals surface area contributed by atoms with Gasteiger partial charge in [0.05, 0.1) is 11.9 Å². The van der Waals surface area contributed by atoms with Crippen LogP contribution in [0.15, 0.2) is 70.1 Å². The van der Waals surface area contributed by atoms with E-state index in [-0.39, 0.29) is 5.56 Å². The van der Waals surface area contributed by atoms with Crippen molar-refractivity contribution in [3.05, 3.63) is 86.7 Å². The molecule has 0 amide bonds. The summed E-state index contributed by atoms with van der Waals surface area (Å²) >= 11 is 3.30. The van der Waals surface area contributed by atoms with Crippen molar-refractivity contribution in [1.82, 2.24) is 9.78 Å². The molecule has 0 unspecified atom stereocenters. The average molecular weight is 400 g/mol. The highest BCUT2D eigenvalue weighted by molar-refractivity contribution is 9.10. The van der Waals surface area contributed by atoms with Crippen molar-refractivity contribution in [1.29, 1.82) is 0 Å². The zero-order chi connectivity index (χ0) is 17.6.